The maximum Gasteiger partial charge on any atom is 2.00 e. The van der Waals surface area contributed by atoms with E-state index in [0.717, 1.165) is 25.7 Å². The Morgan fingerprint density at radius 1 is 0.254 bits per heavy atom. The van der Waals surface area contributed by atoms with Crippen molar-refractivity contribution in [3.05, 3.63) is 0 Å². The van der Waals surface area contributed by atoms with Gasteiger partial charge in [-0.2, -0.15) is 0 Å². The molecule has 0 rings (SSSR count). The third-order valence-corrected chi connectivity index (χ3v) is 15.7. The van der Waals surface area contributed by atoms with E-state index in [1.807, 2.05) is 0 Å². The van der Waals surface area contributed by atoms with Crippen molar-refractivity contribution in [3.8, 4) is 0 Å². The smallest absolute Gasteiger partial charge is 2.00 e. The molecule has 0 unspecified atom stereocenters. The van der Waals surface area contributed by atoms with Gasteiger partial charge in [0.1, 0.15) is 0 Å². The van der Waals surface area contributed by atoms with Gasteiger partial charge in [0, 0.05) is 0 Å². The molecule has 4 nitrogen and oxygen atoms in total. The molecule has 0 aliphatic carbocycles. The molecule has 15 heteroatoms. The van der Waals surface area contributed by atoms with Crippen LogP contribution in [0.5, 0.6) is 0 Å². The van der Waals surface area contributed by atoms with E-state index in [2.05, 4.69) is 52.2 Å². The molecule has 368 valence electrons. The van der Waals surface area contributed by atoms with Crippen molar-refractivity contribution in [1.82, 2.24) is 0 Å². The first kappa shape index (κ1) is 81.5. The zero-order valence-electron chi connectivity index (χ0n) is 42.3. The Morgan fingerprint density at radius 3 is 0.492 bits per heavy atom. The van der Waals surface area contributed by atoms with E-state index in [9.17, 15) is 0 Å². The Balaban J connectivity index is -0.000000184. The second kappa shape index (κ2) is 68.5. The summed E-state index contributed by atoms with van der Waals surface area (Å²) in [5.41, 5.74) is -4.64. The number of unbranched alkanes of at least 4 members (excludes halogenated alkanes) is 36. The summed E-state index contributed by atoms with van der Waals surface area (Å²) in [5.74, 6) is 0. The van der Waals surface area contributed by atoms with Crippen LogP contribution >= 0.6 is 35.9 Å². The third kappa shape index (κ3) is 75.5. The largest absolute Gasteiger partial charge is 2.00 e. The van der Waals surface area contributed by atoms with Gasteiger partial charge in [-0.05, 0) is 49.3 Å². The first-order chi connectivity index (χ1) is 28.2. The van der Waals surface area contributed by atoms with Gasteiger partial charge in [-0.1, -0.05) is 283 Å². The molecular formula is C48H102O4P2S6Zn3+2. The van der Waals surface area contributed by atoms with Crippen LogP contribution in [0.4, 0.5) is 0 Å². The summed E-state index contributed by atoms with van der Waals surface area (Å²) in [7, 11) is 0. The van der Waals surface area contributed by atoms with Crippen LogP contribution in [-0.2, 0) is 127 Å². The molecule has 0 spiro atoms. The van der Waals surface area contributed by atoms with Crippen LogP contribution in [0, 0.1) is 0 Å². The van der Waals surface area contributed by atoms with E-state index in [0.29, 0.717) is 26.4 Å². The summed E-state index contributed by atoms with van der Waals surface area (Å²) in [6, 6.07) is 0. The summed E-state index contributed by atoms with van der Waals surface area (Å²) < 4.78 is 23.0. The fraction of sp³-hybridized carbons (Fsp3) is 1.00. The Morgan fingerprint density at radius 2 is 0.365 bits per heavy atom. The Labute approximate surface area is 469 Å². The summed E-state index contributed by atoms with van der Waals surface area (Å²) >= 11 is 19.8. The third-order valence-electron chi connectivity index (χ3n) is 11.0. The minimum absolute atomic E-state index is 0. The number of thiol groups is 2. The standard InChI is InChI=1S/2C24H51O2PS2.2S.3Zn/c2*1-3-5-7-9-11-13-15-17-19-21-23-25-27(28,29)26-24-22-20-18-16-14-12-10-8-6-4-2;;;;;/h2*3-24H2,1-2H3,(H,28,29);;;;;/q;;2*-2;3*+2. The second-order valence-electron chi connectivity index (χ2n) is 17.0. The van der Waals surface area contributed by atoms with Gasteiger partial charge in [-0.15, -0.1) is 0 Å². The van der Waals surface area contributed by atoms with Crippen molar-refractivity contribution in [2.24, 2.45) is 0 Å². The average molecular weight is 1190 g/mol. The fourth-order valence-corrected chi connectivity index (χ4v) is 10.6. The molecule has 0 fully saturated rings. The van der Waals surface area contributed by atoms with Gasteiger partial charge in [0.25, 0.3) is 0 Å². The van der Waals surface area contributed by atoms with E-state index >= 15 is 0 Å². The summed E-state index contributed by atoms with van der Waals surface area (Å²) in [4.78, 5) is 0. The van der Waals surface area contributed by atoms with Crippen molar-refractivity contribution in [1.29, 1.82) is 0 Å². The molecule has 0 atom stereocenters. The van der Waals surface area contributed by atoms with Gasteiger partial charge >= 0.3 is 58.4 Å². The van der Waals surface area contributed by atoms with E-state index < -0.39 is 11.4 Å². The monoisotopic (exact) mass is 1190 g/mol. The first-order valence-electron chi connectivity index (χ1n) is 25.5. The van der Waals surface area contributed by atoms with E-state index in [1.54, 1.807) is 0 Å². The van der Waals surface area contributed by atoms with Gasteiger partial charge < -0.3 is 45.1 Å². The maximum absolute atomic E-state index is 5.76. The quantitative estimate of drug-likeness (QED) is 0.0274. The molecule has 0 N–H and O–H groups in total. The molecule has 0 aliphatic rings. The zero-order chi connectivity index (χ0) is 42.9. The second-order valence-corrected chi connectivity index (χ2v) is 27.6. The molecule has 0 heterocycles. The SMILES string of the molecule is CCCCCCCCCCCCOP(=S)(S)OCCCCCCCCCCCC.CCCCCCCCCCCCOP(=S)(S)OCCCCCCCCCCCC.[S-2].[S-2].[Zn+2].[Zn+2].[Zn+2]. The van der Waals surface area contributed by atoms with Gasteiger partial charge in [-0.25, -0.2) is 0 Å². The van der Waals surface area contributed by atoms with Gasteiger partial charge in [-0.3, -0.25) is 0 Å². The Bertz CT molecular complexity index is 766. The summed E-state index contributed by atoms with van der Waals surface area (Å²) in [6.45, 7) is 11.9. The van der Waals surface area contributed by atoms with Crippen molar-refractivity contribution >= 4 is 86.5 Å². The van der Waals surface area contributed by atoms with E-state index in [4.69, 9.17) is 41.7 Å². The van der Waals surface area contributed by atoms with Crippen LogP contribution in [0.25, 0.3) is 0 Å². The molecule has 0 aromatic carbocycles. The van der Waals surface area contributed by atoms with Crippen molar-refractivity contribution in [2.45, 2.75) is 285 Å². The van der Waals surface area contributed by atoms with Crippen LogP contribution in [0.3, 0.4) is 0 Å². The molecule has 63 heavy (non-hydrogen) atoms. The minimum atomic E-state index is -2.32. The predicted molar refractivity (Wildman–Crippen MR) is 292 cm³/mol. The molecular weight excluding hydrogens is 1090 g/mol. The van der Waals surface area contributed by atoms with Gasteiger partial charge in [0.05, 0.1) is 26.4 Å². The Hall–Kier alpha value is 4.41. The molecule has 0 aliphatic heterocycles. The van der Waals surface area contributed by atoms with Crippen LogP contribution in [-0.4, -0.2) is 26.4 Å². The van der Waals surface area contributed by atoms with Crippen LogP contribution < -0.4 is 0 Å². The molecule has 0 radical (unpaired) electrons. The topological polar surface area (TPSA) is 36.9 Å². The molecule has 0 aromatic rings. The van der Waals surface area contributed by atoms with Crippen LogP contribution in [0.2, 0.25) is 0 Å². The number of hydrogen-bond donors (Lipinski definition) is 2. The van der Waals surface area contributed by atoms with Crippen molar-refractivity contribution < 1.29 is 76.5 Å². The molecule has 0 aromatic heterocycles. The van der Waals surface area contributed by atoms with Crippen LogP contribution in [0.1, 0.15) is 285 Å². The van der Waals surface area contributed by atoms with E-state index in [-0.39, 0.29) is 85.4 Å². The summed E-state index contributed by atoms with van der Waals surface area (Å²) in [5, 5.41) is 0. The van der Waals surface area contributed by atoms with Gasteiger partial charge in [0.15, 0.2) is 0 Å². The number of rotatable bonds is 48. The normalized spacial score (nSPS) is 11.0. The molecule has 0 amide bonds. The molecule has 0 saturated heterocycles. The van der Waals surface area contributed by atoms with E-state index in [1.165, 1.54) is 231 Å². The first-order valence-corrected chi connectivity index (χ1v) is 33.1. The van der Waals surface area contributed by atoms with Crippen molar-refractivity contribution in [3.63, 3.8) is 0 Å². The van der Waals surface area contributed by atoms with Crippen molar-refractivity contribution in [2.75, 3.05) is 26.4 Å². The molecule has 0 bridgehead atoms. The van der Waals surface area contributed by atoms with Crippen LogP contribution in [0.15, 0.2) is 0 Å². The molecule has 0 saturated carbocycles. The maximum atomic E-state index is 5.76. The fourth-order valence-electron chi connectivity index (χ4n) is 7.15. The van der Waals surface area contributed by atoms with Gasteiger partial charge in [0.2, 0.25) is 11.4 Å². The average Bonchev–Trinajstić information content (AvgIpc) is 3.20. The predicted octanol–water partition coefficient (Wildman–Crippen LogP) is 20.0. The number of hydrogen-bond acceptors (Lipinski definition) is 6. The minimum Gasteiger partial charge on any atom is -2.00 e. The Kier molecular flexibility index (Phi) is 88.6. The zero-order valence-corrected chi connectivity index (χ0v) is 58.0. The summed E-state index contributed by atoms with van der Waals surface area (Å²) in [6.07, 6.45) is 53.3.